The number of nitrogens with zero attached hydrogens (tertiary/aromatic N) is 3. The Morgan fingerprint density at radius 1 is 1.10 bits per heavy atom. The van der Waals surface area contributed by atoms with Crippen LogP contribution in [0.3, 0.4) is 0 Å². The minimum Gasteiger partial charge on any atom is -0.462 e. The predicted octanol–water partition coefficient (Wildman–Crippen LogP) is 3.42. The molecule has 0 aliphatic rings. The Bertz CT molecular complexity index is 1210. The van der Waals surface area contributed by atoms with Gasteiger partial charge in [-0.3, -0.25) is 9.59 Å². The molecule has 0 saturated heterocycles. The number of aryl methyl sites for hydroxylation is 4. The van der Waals surface area contributed by atoms with Crippen LogP contribution in [-0.2, 0) is 16.1 Å². The number of carbonyl (C=O) groups is 2. The molecule has 1 aromatic carbocycles. The van der Waals surface area contributed by atoms with Gasteiger partial charge in [0.25, 0.3) is 5.56 Å². The second-order valence-electron chi connectivity index (χ2n) is 7.17. The number of nitrogens with one attached hydrogen (secondary N) is 1. The van der Waals surface area contributed by atoms with E-state index in [9.17, 15) is 14.4 Å². The quantitative estimate of drug-likeness (QED) is 0.589. The fourth-order valence-corrected chi connectivity index (χ4v) is 3.95. The van der Waals surface area contributed by atoms with Crippen LogP contribution in [0, 0.1) is 27.7 Å². The highest BCUT2D eigenvalue weighted by Gasteiger charge is 2.18. The van der Waals surface area contributed by atoms with Gasteiger partial charge in [-0.1, -0.05) is 17.4 Å². The smallest absolute Gasteiger partial charge is 0.350 e. The number of hydrogen-bond donors (Lipinski definition) is 1. The van der Waals surface area contributed by atoms with E-state index in [2.05, 4.69) is 21.5 Å². The maximum Gasteiger partial charge on any atom is 0.350 e. The Morgan fingerprint density at radius 2 is 1.81 bits per heavy atom. The van der Waals surface area contributed by atoms with E-state index < -0.39 is 11.9 Å². The molecule has 0 fully saturated rings. The van der Waals surface area contributed by atoms with Crippen LogP contribution in [0.15, 0.2) is 29.1 Å². The lowest BCUT2D eigenvalue weighted by molar-refractivity contribution is -0.117. The normalized spacial score (nSPS) is 10.7. The van der Waals surface area contributed by atoms with Gasteiger partial charge in [0.2, 0.25) is 5.91 Å². The molecule has 0 radical (unpaired) electrons. The van der Waals surface area contributed by atoms with Crippen LogP contribution in [0.5, 0.6) is 0 Å². The maximum absolute atomic E-state index is 12.5. The summed E-state index contributed by atoms with van der Waals surface area (Å²) in [5.74, 6) is -0.944. The molecule has 8 nitrogen and oxygen atoms in total. The fraction of sp³-hybridized carbons (Fsp3) is 0.318. The van der Waals surface area contributed by atoms with E-state index in [4.69, 9.17) is 4.74 Å². The van der Waals surface area contributed by atoms with Gasteiger partial charge in [0, 0.05) is 11.6 Å². The summed E-state index contributed by atoms with van der Waals surface area (Å²) in [6.07, 6.45) is 0. The van der Waals surface area contributed by atoms with Gasteiger partial charge < -0.3 is 10.1 Å². The van der Waals surface area contributed by atoms with Crippen molar-refractivity contribution in [2.24, 2.45) is 0 Å². The third-order valence-corrected chi connectivity index (χ3v) is 5.83. The van der Waals surface area contributed by atoms with Crippen molar-refractivity contribution in [3.63, 3.8) is 0 Å². The first-order chi connectivity index (χ1) is 14.7. The first-order valence-corrected chi connectivity index (χ1v) is 10.6. The molecule has 2 aromatic heterocycles. The number of aromatic nitrogens is 3. The van der Waals surface area contributed by atoms with E-state index in [0.29, 0.717) is 16.3 Å². The lowest BCUT2D eigenvalue weighted by Gasteiger charge is -2.11. The van der Waals surface area contributed by atoms with Crippen molar-refractivity contribution >= 4 is 28.3 Å². The average molecular weight is 441 g/mol. The molecule has 3 aromatic rings. The zero-order valence-electron chi connectivity index (χ0n) is 18.1. The number of anilines is 1. The minimum absolute atomic E-state index is 0.253. The Labute approximate surface area is 183 Å². The van der Waals surface area contributed by atoms with Crippen LogP contribution in [0.1, 0.15) is 39.0 Å². The van der Waals surface area contributed by atoms with Crippen LogP contribution in [0.4, 0.5) is 5.13 Å². The van der Waals surface area contributed by atoms with Gasteiger partial charge >= 0.3 is 5.97 Å². The molecular formula is C22H24N4O4S. The van der Waals surface area contributed by atoms with Crippen molar-refractivity contribution in [3.05, 3.63) is 61.9 Å². The highest BCUT2D eigenvalue weighted by atomic mass is 32.1. The number of rotatable bonds is 6. The third kappa shape index (κ3) is 5.05. The summed E-state index contributed by atoms with van der Waals surface area (Å²) < 4.78 is 6.10. The van der Waals surface area contributed by atoms with Crippen LogP contribution >= 0.6 is 11.3 Å². The molecule has 162 valence electrons. The van der Waals surface area contributed by atoms with Gasteiger partial charge in [-0.25, -0.2) is 14.5 Å². The van der Waals surface area contributed by atoms with Crippen LogP contribution < -0.4 is 10.9 Å². The number of carbonyl (C=O) groups excluding carboxylic acids is 2. The molecule has 9 heteroatoms. The molecule has 0 unspecified atom stereocenters. The van der Waals surface area contributed by atoms with Crippen molar-refractivity contribution in [3.8, 4) is 11.3 Å². The monoisotopic (exact) mass is 440 g/mol. The lowest BCUT2D eigenvalue weighted by Crippen LogP contribution is -2.29. The first-order valence-electron chi connectivity index (χ1n) is 9.80. The Balaban J connectivity index is 1.80. The Hall–Kier alpha value is -3.33. The molecular weight excluding hydrogens is 416 g/mol. The number of esters is 1. The molecule has 0 aliphatic carbocycles. The van der Waals surface area contributed by atoms with Gasteiger partial charge in [0.15, 0.2) is 5.13 Å². The molecule has 0 saturated carbocycles. The largest absolute Gasteiger partial charge is 0.462 e. The van der Waals surface area contributed by atoms with E-state index in [1.807, 2.05) is 26.8 Å². The van der Waals surface area contributed by atoms with E-state index in [-0.39, 0.29) is 23.8 Å². The summed E-state index contributed by atoms with van der Waals surface area (Å²) in [6, 6.07) is 7.15. The zero-order valence-corrected chi connectivity index (χ0v) is 18.9. The van der Waals surface area contributed by atoms with Crippen molar-refractivity contribution in [1.82, 2.24) is 14.8 Å². The zero-order chi connectivity index (χ0) is 22.7. The highest BCUT2D eigenvalue weighted by molar-refractivity contribution is 7.17. The summed E-state index contributed by atoms with van der Waals surface area (Å²) in [5.41, 5.74) is 4.94. The second kappa shape index (κ2) is 9.22. The van der Waals surface area contributed by atoms with Crippen LogP contribution in [-0.4, -0.2) is 33.2 Å². The molecule has 0 aliphatic heterocycles. The summed E-state index contributed by atoms with van der Waals surface area (Å²) in [6.45, 7) is 9.40. The highest BCUT2D eigenvalue weighted by Crippen LogP contribution is 2.25. The van der Waals surface area contributed by atoms with Crippen molar-refractivity contribution in [2.45, 2.75) is 41.2 Å². The number of benzene rings is 1. The molecule has 0 atom stereocenters. The summed E-state index contributed by atoms with van der Waals surface area (Å²) >= 11 is 1.03. The molecule has 3 rings (SSSR count). The first kappa shape index (κ1) is 22.4. The number of ether oxygens (including phenoxy) is 1. The van der Waals surface area contributed by atoms with Crippen LogP contribution in [0.2, 0.25) is 0 Å². The van der Waals surface area contributed by atoms with Gasteiger partial charge in [-0.2, -0.15) is 5.10 Å². The Morgan fingerprint density at radius 3 is 2.52 bits per heavy atom. The molecule has 0 spiro atoms. The predicted molar refractivity (Wildman–Crippen MR) is 120 cm³/mol. The van der Waals surface area contributed by atoms with Gasteiger partial charge in [0.1, 0.15) is 11.4 Å². The minimum atomic E-state index is -0.479. The van der Waals surface area contributed by atoms with Crippen molar-refractivity contribution in [1.29, 1.82) is 0 Å². The third-order valence-electron chi connectivity index (χ3n) is 4.78. The second-order valence-corrected chi connectivity index (χ2v) is 8.17. The summed E-state index contributed by atoms with van der Waals surface area (Å²) in [4.78, 5) is 41.2. The van der Waals surface area contributed by atoms with Crippen molar-refractivity contribution in [2.75, 3.05) is 11.9 Å². The van der Waals surface area contributed by atoms with Gasteiger partial charge in [-0.15, -0.1) is 0 Å². The summed E-state index contributed by atoms with van der Waals surface area (Å²) in [5, 5.41) is 7.27. The average Bonchev–Trinajstić information content (AvgIpc) is 3.06. The van der Waals surface area contributed by atoms with E-state index in [0.717, 1.165) is 32.7 Å². The number of hydrogen-bond acceptors (Lipinski definition) is 7. The van der Waals surface area contributed by atoms with Crippen molar-refractivity contribution < 1.29 is 14.3 Å². The van der Waals surface area contributed by atoms with Gasteiger partial charge in [0.05, 0.1) is 18.0 Å². The fourth-order valence-electron chi connectivity index (χ4n) is 3.07. The SMILES string of the molecule is CCOC(=O)c1sc(NC(=O)Cn2nc(-c3cc(C)c(C)cc3C)ccc2=O)nc1C. The molecule has 2 heterocycles. The number of amides is 1. The van der Waals surface area contributed by atoms with E-state index in [1.165, 1.54) is 11.6 Å². The van der Waals surface area contributed by atoms with E-state index in [1.54, 1.807) is 19.9 Å². The van der Waals surface area contributed by atoms with Crippen LogP contribution in [0.25, 0.3) is 11.3 Å². The number of thiazole rings is 1. The maximum atomic E-state index is 12.5. The summed E-state index contributed by atoms with van der Waals surface area (Å²) in [7, 11) is 0. The molecule has 1 amide bonds. The topological polar surface area (TPSA) is 103 Å². The van der Waals surface area contributed by atoms with E-state index >= 15 is 0 Å². The lowest BCUT2D eigenvalue weighted by atomic mass is 9.99. The molecule has 1 N–H and O–H groups in total. The molecule has 0 bridgehead atoms. The molecule has 31 heavy (non-hydrogen) atoms. The van der Waals surface area contributed by atoms with Gasteiger partial charge in [-0.05, 0) is 63.4 Å². The standard InChI is InChI=1S/C22H24N4O4S/c1-6-30-21(29)20-15(5)23-22(31-20)24-18(27)11-26-19(28)8-7-17(25-26)16-10-13(3)12(2)9-14(16)4/h7-10H,6,11H2,1-5H3,(H,23,24,27). The Kier molecular flexibility index (Phi) is 6.65.